The Labute approximate surface area is 198 Å². The van der Waals surface area contributed by atoms with Crippen LogP contribution in [0.5, 0.6) is 0 Å². The van der Waals surface area contributed by atoms with E-state index in [0.29, 0.717) is 11.8 Å². The molecule has 0 fully saturated rings. The first-order valence-electron chi connectivity index (χ1n) is 11.9. The number of allylic oxidation sites excluding steroid dienone is 4. The zero-order valence-electron chi connectivity index (χ0n) is 19.7. The maximum Gasteiger partial charge on any atom is 0.0684 e. The van der Waals surface area contributed by atoms with Crippen molar-refractivity contribution in [1.82, 2.24) is 0 Å². The van der Waals surface area contributed by atoms with Gasteiger partial charge >= 0.3 is 0 Å². The van der Waals surface area contributed by atoms with Crippen molar-refractivity contribution >= 4 is 11.4 Å². The molecule has 0 spiro atoms. The molecule has 3 aromatic carbocycles. The number of hydrogen-bond acceptors (Lipinski definition) is 2. The summed E-state index contributed by atoms with van der Waals surface area (Å²) in [4.78, 5) is 2.37. The molecule has 33 heavy (non-hydrogen) atoms. The monoisotopic (exact) mass is 434 g/mol. The molecule has 0 saturated heterocycles. The predicted molar refractivity (Wildman–Crippen MR) is 142 cm³/mol. The van der Waals surface area contributed by atoms with E-state index < -0.39 is 0 Å². The molecule has 1 unspecified atom stereocenters. The first-order chi connectivity index (χ1) is 16.1. The van der Waals surface area contributed by atoms with Crippen molar-refractivity contribution in [3.05, 3.63) is 132 Å². The molecular formula is C31H34N2. The molecule has 0 aliphatic heterocycles. The number of rotatable bonds is 5. The third kappa shape index (κ3) is 5.64. The third-order valence-corrected chi connectivity index (χ3v) is 6.26. The number of para-hydroxylation sites is 1. The Morgan fingerprint density at radius 1 is 0.788 bits per heavy atom. The number of anilines is 1. The largest absolute Gasteiger partial charge is 0.400 e. The Balaban J connectivity index is 1.87. The van der Waals surface area contributed by atoms with E-state index in [9.17, 15) is 0 Å². The molecule has 4 rings (SSSR count). The highest BCUT2D eigenvalue weighted by Gasteiger charge is 2.20. The smallest absolute Gasteiger partial charge is 0.0684 e. The lowest BCUT2D eigenvalue weighted by Gasteiger charge is -2.31. The average Bonchev–Trinajstić information content (AvgIpc) is 2.87. The Kier molecular flexibility index (Phi) is 7.47. The molecule has 0 bridgehead atoms. The predicted octanol–water partition coefficient (Wildman–Crippen LogP) is 7.35. The van der Waals surface area contributed by atoms with Crippen LogP contribution in [-0.2, 0) is 13.0 Å². The van der Waals surface area contributed by atoms with Crippen LogP contribution in [0, 0.1) is 11.8 Å². The van der Waals surface area contributed by atoms with Gasteiger partial charge in [0, 0.05) is 29.9 Å². The van der Waals surface area contributed by atoms with Gasteiger partial charge in [0.1, 0.15) is 0 Å². The number of fused-ring (bicyclic) bond motifs is 1. The molecule has 0 aromatic heterocycles. The summed E-state index contributed by atoms with van der Waals surface area (Å²) in [6.07, 6.45) is 10.8. The normalized spacial score (nSPS) is 19.5. The van der Waals surface area contributed by atoms with E-state index in [-0.39, 0.29) is 0 Å². The van der Waals surface area contributed by atoms with Gasteiger partial charge in [-0.3, -0.25) is 0 Å². The standard InChI is InChI=1S/C31H34N2/c1-24(2)26-16-11-18-27-15-9-10-21-29(27)31(30(32)22-12-17-26)33(28-19-7-4-8-20-28)23-25-13-5-3-6-14-25/h3-17,19-21,24,26H,18,22-23,32H2,1-2H3/b16-11?,17-12-,31-30-. The zero-order chi connectivity index (χ0) is 23.0. The molecule has 2 nitrogen and oxygen atoms in total. The molecule has 3 aromatic rings. The van der Waals surface area contributed by atoms with Gasteiger partial charge < -0.3 is 10.6 Å². The van der Waals surface area contributed by atoms with E-state index >= 15 is 0 Å². The van der Waals surface area contributed by atoms with E-state index in [2.05, 4.69) is 128 Å². The fourth-order valence-corrected chi connectivity index (χ4v) is 4.40. The third-order valence-electron chi connectivity index (χ3n) is 6.26. The summed E-state index contributed by atoms with van der Waals surface area (Å²) < 4.78 is 0. The van der Waals surface area contributed by atoms with Crippen LogP contribution in [0.25, 0.3) is 5.70 Å². The average molecular weight is 435 g/mol. The molecule has 2 heteroatoms. The molecule has 1 aliphatic rings. The molecular weight excluding hydrogens is 400 g/mol. The zero-order valence-corrected chi connectivity index (χ0v) is 19.7. The summed E-state index contributed by atoms with van der Waals surface area (Å²) in [5.41, 5.74) is 13.8. The van der Waals surface area contributed by atoms with Crippen molar-refractivity contribution < 1.29 is 0 Å². The Morgan fingerprint density at radius 2 is 1.39 bits per heavy atom. The summed E-state index contributed by atoms with van der Waals surface area (Å²) in [5.74, 6) is 0.970. The molecule has 0 saturated carbocycles. The van der Waals surface area contributed by atoms with Crippen LogP contribution in [0.15, 0.2) is 115 Å². The van der Waals surface area contributed by atoms with Crippen molar-refractivity contribution in [2.75, 3.05) is 4.90 Å². The Bertz CT molecular complexity index is 1120. The molecule has 2 N–H and O–H groups in total. The second-order valence-corrected chi connectivity index (χ2v) is 9.02. The van der Waals surface area contributed by atoms with Crippen LogP contribution in [-0.4, -0.2) is 0 Å². The first kappa shape index (κ1) is 22.7. The quantitative estimate of drug-likeness (QED) is 0.425. The van der Waals surface area contributed by atoms with E-state index in [1.807, 2.05) is 0 Å². The van der Waals surface area contributed by atoms with Crippen LogP contribution < -0.4 is 10.6 Å². The van der Waals surface area contributed by atoms with E-state index in [1.165, 1.54) is 16.7 Å². The highest BCUT2D eigenvalue weighted by Crippen LogP contribution is 2.33. The van der Waals surface area contributed by atoms with Crippen molar-refractivity contribution in [2.45, 2.75) is 33.2 Å². The van der Waals surface area contributed by atoms with Gasteiger partial charge in [-0.25, -0.2) is 0 Å². The molecule has 0 radical (unpaired) electrons. The topological polar surface area (TPSA) is 29.3 Å². The SMILES string of the molecule is CC(C)C1C=CCc2ccccc2/C(N(Cc2ccccc2)c2ccccc2)=C(/N)C/C=C\1. The lowest BCUT2D eigenvalue weighted by Crippen LogP contribution is -2.25. The summed E-state index contributed by atoms with van der Waals surface area (Å²) in [6, 6.07) is 29.9. The van der Waals surface area contributed by atoms with Gasteiger partial charge in [-0.15, -0.1) is 0 Å². The van der Waals surface area contributed by atoms with Crippen LogP contribution >= 0.6 is 0 Å². The molecule has 0 amide bonds. The number of benzene rings is 3. The maximum absolute atomic E-state index is 6.91. The van der Waals surface area contributed by atoms with Gasteiger partial charge in [-0.2, -0.15) is 0 Å². The van der Waals surface area contributed by atoms with Gasteiger partial charge in [-0.05, 0) is 41.5 Å². The molecule has 1 aliphatic carbocycles. The van der Waals surface area contributed by atoms with E-state index in [1.54, 1.807) is 0 Å². The fraction of sp³-hybridized carbons (Fsp3) is 0.226. The fourth-order valence-electron chi connectivity index (χ4n) is 4.40. The second kappa shape index (κ2) is 10.9. The first-order valence-corrected chi connectivity index (χ1v) is 11.9. The summed E-state index contributed by atoms with van der Waals surface area (Å²) >= 11 is 0. The number of nitrogens with zero attached hydrogens (tertiary/aromatic N) is 1. The van der Waals surface area contributed by atoms with Crippen molar-refractivity contribution in [2.24, 2.45) is 17.6 Å². The highest BCUT2D eigenvalue weighted by molar-refractivity contribution is 5.82. The maximum atomic E-state index is 6.91. The Hall–Kier alpha value is -3.52. The lowest BCUT2D eigenvalue weighted by molar-refractivity contribution is 0.548. The molecule has 1 atom stereocenters. The lowest BCUT2D eigenvalue weighted by atomic mass is 9.94. The number of hydrogen-bond donors (Lipinski definition) is 1. The number of nitrogens with two attached hydrogens (primary N) is 1. The van der Waals surface area contributed by atoms with Crippen LogP contribution in [0.3, 0.4) is 0 Å². The van der Waals surface area contributed by atoms with Gasteiger partial charge in [0.05, 0.1) is 5.70 Å². The van der Waals surface area contributed by atoms with Gasteiger partial charge in [0.25, 0.3) is 0 Å². The molecule has 0 heterocycles. The Morgan fingerprint density at radius 3 is 2.09 bits per heavy atom. The van der Waals surface area contributed by atoms with Crippen LogP contribution in [0.2, 0.25) is 0 Å². The van der Waals surface area contributed by atoms with E-state index in [0.717, 1.165) is 36.5 Å². The van der Waals surface area contributed by atoms with Crippen molar-refractivity contribution in [3.63, 3.8) is 0 Å². The molecule has 168 valence electrons. The van der Waals surface area contributed by atoms with Crippen molar-refractivity contribution in [3.8, 4) is 0 Å². The van der Waals surface area contributed by atoms with Gasteiger partial charge in [0.2, 0.25) is 0 Å². The van der Waals surface area contributed by atoms with Gasteiger partial charge in [-0.1, -0.05) is 111 Å². The second-order valence-electron chi connectivity index (χ2n) is 9.02. The van der Waals surface area contributed by atoms with Crippen LogP contribution in [0.4, 0.5) is 5.69 Å². The minimum Gasteiger partial charge on any atom is -0.400 e. The summed E-state index contributed by atoms with van der Waals surface area (Å²) in [6.45, 7) is 5.30. The van der Waals surface area contributed by atoms with E-state index in [4.69, 9.17) is 5.73 Å². The van der Waals surface area contributed by atoms with Crippen molar-refractivity contribution in [1.29, 1.82) is 0 Å². The minimum absolute atomic E-state index is 0.418. The summed E-state index contributed by atoms with van der Waals surface area (Å²) in [5, 5.41) is 0. The highest BCUT2D eigenvalue weighted by atomic mass is 15.1. The minimum atomic E-state index is 0.418. The van der Waals surface area contributed by atoms with Gasteiger partial charge in [0.15, 0.2) is 0 Å². The van der Waals surface area contributed by atoms with Crippen LogP contribution in [0.1, 0.15) is 37.0 Å². The summed E-state index contributed by atoms with van der Waals surface area (Å²) in [7, 11) is 0.